The van der Waals surface area contributed by atoms with Crippen LogP contribution in [0.3, 0.4) is 0 Å². The number of hydrogen-bond acceptors (Lipinski definition) is 2. The predicted octanol–water partition coefficient (Wildman–Crippen LogP) is 20.5. The van der Waals surface area contributed by atoms with Crippen molar-refractivity contribution in [2.75, 3.05) is 0 Å². The van der Waals surface area contributed by atoms with Gasteiger partial charge < -0.3 is 0 Å². The first-order valence-electron chi connectivity index (χ1n) is 29.1. The number of para-hydroxylation sites is 2. The Morgan fingerprint density at radius 2 is 0.524 bits per heavy atom. The molecule has 4 heteroatoms. The summed E-state index contributed by atoms with van der Waals surface area (Å²) in [7, 11) is 0. The van der Waals surface area contributed by atoms with E-state index in [1.54, 1.807) is 0 Å². The molecule has 18 rings (SSSR count). The molecule has 84 heavy (non-hydrogen) atoms. The maximum Gasteiger partial charge on any atom is 0.145 e. The van der Waals surface area contributed by atoms with Crippen LogP contribution in [-0.2, 0) is 12.8 Å². The molecular weight excluding hydrogens is 1020 g/mol. The minimum Gasteiger partial charge on any atom is -0.292 e. The first-order valence-corrected chi connectivity index (χ1v) is 29.1. The first kappa shape index (κ1) is 47.8. The smallest absolute Gasteiger partial charge is 0.145 e. The van der Waals surface area contributed by atoms with Crippen LogP contribution in [-0.4, -0.2) is 19.1 Å². The van der Waals surface area contributed by atoms with Crippen LogP contribution in [0.5, 0.6) is 0 Å². The Labute approximate surface area is 486 Å². The van der Waals surface area contributed by atoms with Crippen LogP contribution in [0.1, 0.15) is 22.3 Å². The highest BCUT2D eigenvalue weighted by atomic mass is 15.1. The van der Waals surface area contributed by atoms with Crippen LogP contribution in [0.15, 0.2) is 291 Å². The number of imidazole rings is 2. The van der Waals surface area contributed by atoms with E-state index < -0.39 is 0 Å². The van der Waals surface area contributed by atoms with Crippen molar-refractivity contribution >= 4 is 65.2 Å². The van der Waals surface area contributed by atoms with Gasteiger partial charge in [-0.25, -0.2) is 9.97 Å². The highest BCUT2D eigenvalue weighted by Crippen LogP contribution is 2.44. The summed E-state index contributed by atoms with van der Waals surface area (Å²) in [5.41, 5.74) is 24.8. The second-order valence-corrected chi connectivity index (χ2v) is 22.4. The first-order chi connectivity index (χ1) is 41.7. The molecule has 0 bridgehead atoms. The van der Waals surface area contributed by atoms with Crippen LogP contribution < -0.4 is 0 Å². The number of benzene rings is 14. The molecule has 0 atom stereocenters. The van der Waals surface area contributed by atoms with Gasteiger partial charge in [0.1, 0.15) is 11.6 Å². The van der Waals surface area contributed by atoms with Gasteiger partial charge >= 0.3 is 0 Å². The van der Waals surface area contributed by atoms with Gasteiger partial charge in [-0.2, -0.15) is 0 Å². The third-order valence-electron chi connectivity index (χ3n) is 17.6. The molecule has 392 valence electrons. The van der Waals surface area contributed by atoms with E-state index in [4.69, 9.17) is 9.97 Å². The summed E-state index contributed by atoms with van der Waals surface area (Å²) in [5, 5.41) is 9.75. The van der Waals surface area contributed by atoms with Crippen LogP contribution in [0.2, 0.25) is 0 Å². The number of nitrogens with zero attached hydrogens (tertiary/aromatic N) is 4. The van der Waals surface area contributed by atoms with E-state index in [2.05, 4.69) is 300 Å². The molecule has 0 spiro atoms. The minimum absolute atomic E-state index is 0.952. The van der Waals surface area contributed by atoms with Crippen molar-refractivity contribution in [3.8, 4) is 78.7 Å². The topological polar surface area (TPSA) is 35.6 Å². The average Bonchev–Trinajstić information content (AvgIpc) is 4.51. The fraction of sp³-hybridized carbons (Fsp3) is 0.0250. The fourth-order valence-corrected chi connectivity index (χ4v) is 13.7. The molecule has 2 aliphatic carbocycles. The van der Waals surface area contributed by atoms with Crippen molar-refractivity contribution in [3.05, 3.63) is 313 Å². The molecule has 0 saturated carbocycles. The van der Waals surface area contributed by atoms with Crippen molar-refractivity contribution in [1.29, 1.82) is 0 Å². The van der Waals surface area contributed by atoms with Crippen molar-refractivity contribution in [2.45, 2.75) is 12.8 Å². The van der Waals surface area contributed by atoms with Gasteiger partial charge in [-0.15, -0.1) is 0 Å². The SMILES string of the molecule is c1ccc(-n2c(-c3ccc(-c4ccc5c(c4)Cc4ccccc4-5)cc3)nc3c4ccccc4c4ccccc4c32)cc1.c1ccc(-n2c(-c3ccc(-c4ccc5c(c4)Cc4ccccc4-5)cc3)nc3c4ccccc4c4ccccc4c32)cc1. The monoisotopic (exact) mass is 1070 g/mol. The van der Waals surface area contributed by atoms with Gasteiger partial charge in [0.25, 0.3) is 0 Å². The molecule has 2 aliphatic rings. The zero-order valence-corrected chi connectivity index (χ0v) is 45.9. The molecular formula is C80H52N4. The van der Waals surface area contributed by atoms with E-state index in [1.807, 2.05) is 0 Å². The van der Waals surface area contributed by atoms with Gasteiger partial charge in [-0.05, 0) is 125 Å². The van der Waals surface area contributed by atoms with E-state index >= 15 is 0 Å². The van der Waals surface area contributed by atoms with Gasteiger partial charge in [0.15, 0.2) is 0 Å². The second kappa shape index (κ2) is 19.4. The Morgan fingerprint density at radius 3 is 0.929 bits per heavy atom. The predicted molar refractivity (Wildman–Crippen MR) is 350 cm³/mol. The minimum atomic E-state index is 0.952. The summed E-state index contributed by atoms with van der Waals surface area (Å²) >= 11 is 0. The molecule has 0 N–H and O–H groups in total. The molecule has 0 radical (unpaired) electrons. The number of aromatic nitrogens is 4. The normalized spacial score (nSPS) is 12.2. The summed E-state index contributed by atoms with van der Waals surface area (Å²) in [6, 6.07) is 105. The van der Waals surface area contributed by atoms with Crippen LogP contribution >= 0.6 is 0 Å². The standard InChI is InChI=1S/2C40H26N2/c2*1-2-11-31(12-3-1)42-39-37-17-9-7-15-35(37)34-14-6-8-16-36(34)38(39)41-40(42)27-20-18-26(19-21-27)28-22-23-33-30(24-28)25-29-10-4-5-13-32(29)33/h2*1-24H,25H2. The van der Waals surface area contributed by atoms with Gasteiger partial charge in [0.2, 0.25) is 0 Å². The van der Waals surface area contributed by atoms with Gasteiger partial charge in [-0.3, -0.25) is 9.13 Å². The third-order valence-corrected chi connectivity index (χ3v) is 17.6. The molecule has 16 aromatic rings. The number of rotatable bonds is 6. The average molecular weight is 1070 g/mol. The zero-order valence-electron chi connectivity index (χ0n) is 45.9. The van der Waals surface area contributed by atoms with Crippen molar-refractivity contribution in [1.82, 2.24) is 19.1 Å². The van der Waals surface area contributed by atoms with E-state index in [9.17, 15) is 0 Å². The summed E-state index contributed by atoms with van der Waals surface area (Å²) in [5.74, 6) is 1.90. The molecule has 0 fully saturated rings. The van der Waals surface area contributed by atoms with E-state index in [0.717, 1.165) is 69.1 Å². The summed E-state index contributed by atoms with van der Waals surface area (Å²) in [4.78, 5) is 10.7. The molecule has 0 saturated heterocycles. The number of fused-ring (bicyclic) bond motifs is 18. The van der Waals surface area contributed by atoms with Crippen LogP contribution in [0.25, 0.3) is 144 Å². The molecule has 14 aromatic carbocycles. The van der Waals surface area contributed by atoms with E-state index in [-0.39, 0.29) is 0 Å². The Morgan fingerprint density at radius 1 is 0.226 bits per heavy atom. The molecule has 0 amide bonds. The Balaban J connectivity index is 0.000000132. The maximum absolute atomic E-state index is 5.37. The highest BCUT2D eigenvalue weighted by Gasteiger charge is 2.24. The lowest BCUT2D eigenvalue weighted by Crippen LogP contribution is -1.98. The van der Waals surface area contributed by atoms with Crippen LogP contribution in [0, 0.1) is 0 Å². The maximum atomic E-state index is 5.37. The van der Waals surface area contributed by atoms with Crippen molar-refractivity contribution < 1.29 is 0 Å². The molecule has 4 nitrogen and oxygen atoms in total. The largest absolute Gasteiger partial charge is 0.292 e. The Bertz CT molecular complexity index is 4950. The molecule has 0 unspecified atom stereocenters. The molecule has 2 aromatic heterocycles. The Kier molecular flexibility index (Phi) is 11.0. The van der Waals surface area contributed by atoms with E-state index in [0.29, 0.717) is 0 Å². The van der Waals surface area contributed by atoms with Crippen molar-refractivity contribution in [3.63, 3.8) is 0 Å². The van der Waals surface area contributed by atoms with E-state index in [1.165, 1.54) is 110 Å². The van der Waals surface area contributed by atoms with Crippen molar-refractivity contribution in [2.24, 2.45) is 0 Å². The zero-order chi connectivity index (χ0) is 55.2. The van der Waals surface area contributed by atoms with Gasteiger partial charge in [-0.1, -0.05) is 267 Å². The third kappa shape index (κ3) is 7.68. The lowest BCUT2D eigenvalue weighted by atomic mass is 9.98. The van der Waals surface area contributed by atoms with Gasteiger partial charge in [0, 0.05) is 44.0 Å². The quantitative estimate of drug-likeness (QED) is 0.156. The Hall–Kier alpha value is -10.9. The summed E-state index contributed by atoms with van der Waals surface area (Å²) in [6.45, 7) is 0. The number of hydrogen-bond donors (Lipinski definition) is 0. The summed E-state index contributed by atoms with van der Waals surface area (Å²) < 4.78 is 4.68. The lowest BCUT2D eigenvalue weighted by Gasteiger charge is -2.13. The van der Waals surface area contributed by atoms with Gasteiger partial charge in [0.05, 0.1) is 22.1 Å². The van der Waals surface area contributed by atoms with Crippen LogP contribution in [0.4, 0.5) is 0 Å². The molecule has 0 aliphatic heterocycles. The second-order valence-electron chi connectivity index (χ2n) is 22.4. The summed E-state index contributed by atoms with van der Waals surface area (Å²) in [6.07, 6.45) is 2.00. The molecule has 2 heterocycles. The fourth-order valence-electron chi connectivity index (χ4n) is 13.7. The highest BCUT2D eigenvalue weighted by molar-refractivity contribution is 6.25. The lowest BCUT2D eigenvalue weighted by molar-refractivity contribution is 1.11.